The molecule has 0 aromatic heterocycles. The Hall–Kier alpha value is -0.670. The van der Waals surface area contributed by atoms with Gasteiger partial charge in [0.25, 0.3) is 0 Å². The maximum absolute atomic E-state index is 13.2. The van der Waals surface area contributed by atoms with Crippen molar-refractivity contribution in [3.05, 3.63) is 35.4 Å². The van der Waals surface area contributed by atoms with Gasteiger partial charge in [-0.2, -0.15) is 0 Å². The number of nitrogens with two attached hydrogens (primary N) is 1. The molecule has 1 fully saturated rings. The van der Waals surface area contributed by atoms with Crippen LogP contribution in [-0.2, 0) is 0 Å². The van der Waals surface area contributed by atoms with Crippen molar-refractivity contribution in [2.24, 2.45) is 11.7 Å². The maximum atomic E-state index is 13.2. The normalized spacial score (nSPS) is 24.2. The van der Waals surface area contributed by atoms with Crippen molar-refractivity contribution in [2.75, 3.05) is 6.54 Å². The van der Waals surface area contributed by atoms with Crippen molar-refractivity contribution in [3.63, 3.8) is 0 Å². The highest BCUT2D eigenvalue weighted by molar-refractivity contribution is 5.85. The summed E-state index contributed by atoms with van der Waals surface area (Å²) in [5, 5.41) is 0. The first kappa shape index (κ1) is 11.4. The van der Waals surface area contributed by atoms with Crippen LogP contribution in [-0.4, -0.2) is 6.54 Å². The average molecular weight is 220 g/mol. The Morgan fingerprint density at radius 2 is 1.86 bits per heavy atom. The predicted octanol–water partition coefficient (Wildman–Crippen LogP) is 2.45. The Labute approximate surface area is 87.7 Å². The molecule has 0 saturated heterocycles. The van der Waals surface area contributed by atoms with Gasteiger partial charge in [-0.15, -0.1) is 12.4 Å². The van der Waals surface area contributed by atoms with Gasteiger partial charge in [0, 0.05) is 5.56 Å². The average Bonchev–Trinajstić information content (AvgIpc) is 2.83. The fourth-order valence-corrected chi connectivity index (χ4v) is 1.73. The van der Waals surface area contributed by atoms with Gasteiger partial charge >= 0.3 is 0 Å². The topological polar surface area (TPSA) is 26.0 Å². The van der Waals surface area contributed by atoms with Crippen LogP contribution in [0.15, 0.2) is 18.2 Å². The second kappa shape index (κ2) is 4.24. The van der Waals surface area contributed by atoms with Crippen LogP contribution in [0.1, 0.15) is 17.9 Å². The minimum atomic E-state index is -0.444. The van der Waals surface area contributed by atoms with Crippen LogP contribution < -0.4 is 5.73 Å². The number of halogens is 3. The van der Waals surface area contributed by atoms with E-state index in [9.17, 15) is 8.78 Å². The first-order chi connectivity index (χ1) is 6.24. The highest BCUT2D eigenvalue weighted by atomic mass is 35.5. The summed E-state index contributed by atoms with van der Waals surface area (Å²) < 4.78 is 26.3. The van der Waals surface area contributed by atoms with E-state index in [1.54, 1.807) is 0 Å². The van der Waals surface area contributed by atoms with Gasteiger partial charge in [0.05, 0.1) is 0 Å². The summed E-state index contributed by atoms with van der Waals surface area (Å²) in [7, 11) is 0. The molecule has 0 aliphatic heterocycles. The molecule has 0 heterocycles. The van der Waals surface area contributed by atoms with Crippen LogP contribution in [0.3, 0.4) is 0 Å². The van der Waals surface area contributed by atoms with Crippen molar-refractivity contribution in [1.29, 1.82) is 0 Å². The van der Waals surface area contributed by atoms with Crippen molar-refractivity contribution < 1.29 is 8.78 Å². The summed E-state index contributed by atoms with van der Waals surface area (Å²) in [6, 6.07) is 3.97. The molecule has 1 nitrogen and oxygen atoms in total. The minimum absolute atomic E-state index is 0. The van der Waals surface area contributed by atoms with E-state index in [1.807, 2.05) is 0 Å². The third-order valence-corrected chi connectivity index (χ3v) is 2.60. The lowest BCUT2D eigenvalue weighted by atomic mass is 10.1. The molecular weight excluding hydrogens is 208 g/mol. The molecule has 1 aliphatic carbocycles. The van der Waals surface area contributed by atoms with Gasteiger partial charge in [-0.05, 0) is 36.9 Å². The molecule has 1 aromatic rings. The molecule has 1 aliphatic rings. The maximum Gasteiger partial charge on any atom is 0.129 e. The second-order valence-electron chi connectivity index (χ2n) is 3.47. The van der Waals surface area contributed by atoms with E-state index < -0.39 is 11.6 Å². The van der Waals surface area contributed by atoms with Crippen molar-refractivity contribution in [1.82, 2.24) is 0 Å². The molecule has 0 bridgehead atoms. The molecule has 14 heavy (non-hydrogen) atoms. The monoisotopic (exact) mass is 219 g/mol. The summed E-state index contributed by atoms with van der Waals surface area (Å²) >= 11 is 0. The standard InChI is InChI=1S/C10H11F2N.ClH/c11-8-2-1-3-9(12)10(8)7-4-6(7)5-13;/h1-3,6-7H,4-5,13H2;1H/t6-,7+;/m0./s1. The highest BCUT2D eigenvalue weighted by Crippen LogP contribution is 2.48. The molecule has 2 N–H and O–H groups in total. The van der Waals surface area contributed by atoms with E-state index in [-0.39, 0.29) is 29.8 Å². The van der Waals surface area contributed by atoms with Crippen molar-refractivity contribution in [2.45, 2.75) is 12.3 Å². The van der Waals surface area contributed by atoms with Crippen LogP contribution in [0.5, 0.6) is 0 Å². The Bertz CT molecular complexity index is 310. The van der Waals surface area contributed by atoms with E-state index in [1.165, 1.54) is 18.2 Å². The SMILES string of the molecule is Cl.NC[C@@H]1C[C@H]1c1c(F)cccc1F. The summed E-state index contributed by atoms with van der Waals surface area (Å²) in [5.74, 6) is -0.612. The number of benzene rings is 1. The zero-order chi connectivity index (χ0) is 9.42. The Morgan fingerprint density at radius 3 is 2.29 bits per heavy atom. The molecule has 1 aromatic carbocycles. The second-order valence-corrected chi connectivity index (χ2v) is 3.47. The van der Waals surface area contributed by atoms with Crippen LogP contribution in [0, 0.1) is 17.6 Å². The van der Waals surface area contributed by atoms with Crippen LogP contribution in [0.25, 0.3) is 0 Å². The van der Waals surface area contributed by atoms with Crippen LogP contribution >= 0.6 is 12.4 Å². The molecule has 78 valence electrons. The van der Waals surface area contributed by atoms with E-state index in [0.29, 0.717) is 6.54 Å². The van der Waals surface area contributed by atoms with E-state index in [2.05, 4.69) is 0 Å². The van der Waals surface area contributed by atoms with Gasteiger partial charge < -0.3 is 5.73 Å². The summed E-state index contributed by atoms with van der Waals surface area (Å²) in [5.41, 5.74) is 5.64. The summed E-state index contributed by atoms with van der Waals surface area (Å²) in [6.07, 6.45) is 0.814. The van der Waals surface area contributed by atoms with E-state index >= 15 is 0 Å². The lowest BCUT2D eigenvalue weighted by molar-refractivity contribution is 0.551. The van der Waals surface area contributed by atoms with E-state index in [4.69, 9.17) is 5.73 Å². The van der Waals surface area contributed by atoms with Crippen molar-refractivity contribution >= 4 is 12.4 Å². The van der Waals surface area contributed by atoms with Gasteiger partial charge in [-0.1, -0.05) is 6.07 Å². The molecule has 0 spiro atoms. The number of hydrogen-bond donors (Lipinski definition) is 1. The smallest absolute Gasteiger partial charge is 0.129 e. The molecule has 4 heteroatoms. The van der Waals surface area contributed by atoms with Gasteiger partial charge in [-0.25, -0.2) is 8.78 Å². The van der Waals surface area contributed by atoms with Gasteiger partial charge in [0.2, 0.25) is 0 Å². The van der Waals surface area contributed by atoms with Crippen LogP contribution in [0.2, 0.25) is 0 Å². The minimum Gasteiger partial charge on any atom is -0.330 e. The first-order valence-corrected chi connectivity index (χ1v) is 4.38. The molecule has 2 rings (SSSR count). The predicted molar refractivity (Wildman–Crippen MR) is 53.5 cm³/mol. The summed E-state index contributed by atoms with van der Waals surface area (Å²) in [6.45, 7) is 0.512. The fourth-order valence-electron chi connectivity index (χ4n) is 1.73. The quantitative estimate of drug-likeness (QED) is 0.813. The highest BCUT2D eigenvalue weighted by Gasteiger charge is 2.40. The largest absolute Gasteiger partial charge is 0.330 e. The van der Waals surface area contributed by atoms with E-state index in [0.717, 1.165) is 6.42 Å². The Balaban J connectivity index is 0.000000980. The van der Waals surface area contributed by atoms with Crippen molar-refractivity contribution in [3.8, 4) is 0 Å². The molecule has 2 atom stereocenters. The fraction of sp³-hybridized carbons (Fsp3) is 0.400. The Morgan fingerprint density at radius 1 is 1.29 bits per heavy atom. The zero-order valence-electron chi connectivity index (χ0n) is 7.54. The van der Waals surface area contributed by atoms with Gasteiger partial charge in [-0.3, -0.25) is 0 Å². The number of rotatable bonds is 2. The van der Waals surface area contributed by atoms with Crippen LogP contribution in [0.4, 0.5) is 8.78 Å². The lowest BCUT2D eigenvalue weighted by Gasteiger charge is -2.02. The Kier molecular flexibility index (Phi) is 3.45. The molecule has 0 unspecified atom stereocenters. The molecule has 0 amide bonds. The van der Waals surface area contributed by atoms with Gasteiger partial charge in [0.15, 0.2) is 0 Å². The number of hydrogen-bond acceptors (Lipinski definition) is 1. The van der Waals surface area contributed by atoms with Gasteiger partial charge in [0.1, 0.15) is 11.6 Å². The zero-order valence-corrected chi connectivity index (χ0v) is 8.36. The third-order valence-electron chi connectivity index (χ3n) is 2.60. The lowest BCUT2D eigenvalue weighted by Crippen LogP contribution is -2.03. The molecule has 0 radical (unpaired) electrons. The third kappa shape index (κ3) is 1.88. The molecular formula is C10H12ClF2N. The molecule has 1 saturated carbocycles. The first-order valence-electron chi connectivity index (χ1n) is 4.38. The summed E-state index contributed by atoms with van der Waals surface area (Å²) in [4.78, 5) is 0.